The zero-order valence-electron chi connectivity index (χ0n) is 12.4. The molecular weight excluding hydrogens is 344 g/mol. The van der Waals surface area contributed by atoms with Crippen LogP contribution in [-0.2, 0) is 0 Å². The molecule has 2 aromatic rings. The van der Waals surface area contributed by atoms with Gasteiger partial charge in [-0.3, -0.25) is 0 Å². The molecule has 2 rings (SSSR count). The predicted octanol–water partition coefficient (Wildman–Crippen LogP) is 5.11. The highest BCUT2D eigenvalue weighted by molar-refractivity contribution is 9.10. The molecule has 0 heterocycles. The zero-order chi connectivity index (χ0) is 15.4. The quantitative estimate of drug-likeness (QED) is 0.741. The van der Waals surface area contributed by atoms with Gasteiger partial charge < -0.3 is 10.6 Å². The summed E-state index contributed by atoms with van der Waals surface area (Å²) >= 11 is 8.99. The molecule has 0 amide bonds. The van der Waals surface area contributed by atoms with Crippen molar-refractivity contribution < 1.29 is 0 Å². The normalized spacial score (nSPS) is 11.8. The number of halogens is 1. The number of anilines is 1. The van der Waals surface area contributed by atoms with Crippen molar-refractivity contribution in [3.63, 3.8) is 0 Å². The fraction of sp³-hybridized carbons (Fsp3) is 0.235. The van der Waals surface area contributed by atoms with Crippen molar-refractivity contribution in [3.05, 3.63) is 63.6 Å². The second-order valence-electron chi connectivity index (χ2n) is 5.16. The van der Waals surface area contributed by atoms with Gasteiger partial charge in [0.05, 0.1) is 6.04 Å². The van der Waals surface area contributed by atoms with E-state index >= 15 is 0 Å². The first-order chi connectivity index (χ1) is 9.97. The topological polar surface area (TPSA) is 24.1 Å². The Balaban J connectivity index is 2.05. The van der Waals surface area contributed by atoms with Gasteiger partial charge in [-0.1, -0.05) is 46.3 Å². The van der Waals surface area contributed by atoms with Crippen molar-refractivity contribution in [2.75, 3.05) is 5.32 Å². The SMILES string of the molecule is Cc1ccc(C)c(NC(=S)N[C@@H](C)c2ccccc2Br)c1. The summed E-state index contributed by atoms with van der Waals surface area (Å²) in [7, 11) is 0. The van der Waals surface area contributed by atoms with E-state index in [1.165, 1.54) is 16.7 Å². The maximum atomic E-state index is 5.42. The highest BCUT2D eigenvalue weighted by Gasteiger charge is 2.10. The zero-order valence-corrected chi connectivity index (χ0v) is 14.8. The van der Waals surface area contributed by atoms with Gasteiger partial charge in [-0.2, -0.15) is 0 Å². The Morgan fingerprint density at radius 2 is 1.86 bits per heavy atom. The third-order valence-corrected chi connectivity index (χ3v) is 4.30. The molecule has 0 aliphatic carbocycles. The number of benzene rings is 2. The number of aryl methyl sites for hydroxylation is 2. The van der Waals surface area contributed by atoms with Gasteiger partial charge in [0.2, 0.25) is 0 Å². The summed E-state index contributed by atoms with van der Waals surface area (Å²) in [5, 5.41) is 7.23. The van der Waals surface area contributed by atoms with Gasteiger partial charge in [0.1, 0.15) is 0 Å². The molecule has 0 saturated heterocycles. The molecule has 1 atom stereocenters. The minimum Gasteiger partial charge on any atom is -0.356 e. The molecule has 2 nitrogen and oxygen atoms in total. The summed E-state index contributed by atoms with van der Waals surface area (Å²) in [5.74, 6) is 0. The van der Waals surface area contributed by atoms with Gasteiger partial charge >= 0.3 is 0 Å². The lowest BCUT2D eigenvalue weighted by Crippen LogP contribution is -2.31. The highest BCUT2D eigenvalue weighted by atomic mass is 79.9. The van der Waals surface area contributed by atoms with E-state index in [1.54, 1.807) is 0 Å². The lowest BCUT2D eigenvalue weighted by atomic mass is 10.1. The molecule has 0 aliphatic rings. The van der Waals surface area contributed by atoms with Gasteiger partial charge in [-0.05, 0) is 61.8 Å². The fourth-order valence-corrected chi connectivity index (χ4v) is 3.04. The molecule has 2 N–H and O–H groups in total. The molecule has 0 aliphatic heterocycles. The molecule has 0 saturated carbocycles. The standard InChI is InChI=1S/C17H19BrN2S/c1-11-8-9-12(2)16(10-11)20-17(21)19-13(3)14-6-4-5-7-15(14)18/h4-10,13H,1-3H3,(H2,19,20,21)/t13-/m0/s1. The van der Waals surface area contributed by atoms with Crippen LogP contribution in [0.4, 0.5) is 5.69 Å². The Morgan fingerprint density at radius 3 is 2.57 bits per heavy atom. The number of thiocarbonyl (C=S) groups is 1. The first-order valence-electron chi connectivity index (χ1n) is 6.86. The Bertz CT molecular complexity index is 655. The smallest absolute Gasteiger partial charge is 0.171 e. The van der Waals surface area contributed by atoms with Crippen molar-refractivity contribution in [2.45, 2.75) is 26.8 Å². The van der Waals surface area contributed by atoms with Crippen LogP contribution in [0.3, 0.4) is 0 Å². The maximum absolute atomic E-state index is 5.42. The Kier molecular flexibility index (Phi) is 5.37. The molecule has 4 heteroatoms. The summed E-state index contributed by atoms with van der Waals surface area (Å²) in [4.78, 5) is 0. The van der Waals surface area contributed by atoms with Gasteiger partial charge in [-0.15, -0.1) is 0 Å². The third kappa shape index (κ3) is 4.29. The monoisotopic (exact) mass is 362 g/mol. The van der Waals surface area contributed by atoms with Crippen LogP contribution in [-0.4, -0.2) is 5.11 Å². The predicted molar refractivity (Wildman–Crippen MR) is 97.8 cm³/mol. The van der Waals surface area contributed by atoms with Gasteiger partial charge in [0, 0.05) is 10.2 Å². The molecule has 110 valence electrons. The van der Waals surface area contributed by atoms with Crippen molar-refractivity contribution in [1.29, 1.82) is 0 Å². The minimum absolute atomic E-state index is 0.130. The molecular formula is C17H19BrN2S. The summed E-state index contributed by atoms with van der Waals surface area (Å²) < 4.78 is 1.08. The van der Waals surface area contributed by atoms with Crippen LogP contribution in [0.15, 0.2) is 46.9 Å². The van der Waals surface area contributed by atoms with E-state index in [2.05, 4.69) is 71.6 Å². The number of rotatable bonds is 3. The van der Waals surface area contributed by atoms with Crippen LogP contribution in [0.5, 0.6) is 0 Å². The lowest BCUT2D eigenvalue weighted by Gasteiger charge is -2.19. The number of nitrogens with one attached hydrogen (secondary N) is 2. The molecule has 0 unspecified atom stereocenters. The molecule has 0 radical (unpaired) electrons. The average Bonchev–Trinajstić information content (AvgIpc) is 2.43. The van der Waals surface area contributed by atoms with Gasteiger partial charge in [0.25, 0.3) is 0 Å². The third-order valence-electron chi connectivity index (χ3n) is 3.36. The molecule has 21 heavy (non-hydrogen) atoms. The van der Waals surface area contributed by atoms with Crippen molar-refractivity contribution in [2.24, 2.45) is 0 Å². The van der Waals surface area contributed by atoms with E-state index in [1.807, 2.05) is 18.2 Å². The number of hydrogen-bond donors (Lipinski definition) is 2. The van der Waals surface area contributed by atoms with Crippen LogP contribution >= 0.6 is 28.1 Å². The maximum Gasteiger partial charge on any atom is 0.171 e. The van der Waals surface area contributed by atoms with Crippen LogP contribution in [0, 0.1) is 13.8 Å². The summed E-state index contributed by atoms with van der Waals surface area (Å²) in [6, 6.07) is 14.6. The Hall–Kier alpha value is -1.39. The largest absolute Gasteiger partial charge is 0.356 e. The Labute approximate surface area is 140 Å². The van der Waals surface area contributed by atoms with Crippen molar-refractivity contribution >= 4 is 38.9 Å². The molecule has 0 spiro atoms. The van der Waals surface area contributed by atoms with Gasteiger partial charge in [-0.25, -0.2) is 0 Å². The van der Waals surface area contributed by atoms with E-state index < -0.39 is 0 Å². The van der Waals surface area contributed by atoms with E-state index in [4.69, 9.17) is 12.2 Å². The summed E-state index contributed by atoms with van der Waals surface area (Å²) in [6.07, 6.45) is 0. The van der Waals surface area contributed by atoms with E-state index in [-0.39, 0.29) is 6.04 Å². The number of hydrogen-bond acceptors (Lipinski definition) is 1. The van der Waals surface area contributed by atoms with Gasteiger partial charge in [0.15, 0.2) is 5.11 Å². The first kappa shape index (κ1) is 16.0. The van der Waals surface area contributed by atoms with E-state index in [9.17, 15) is 0 Å². The molecule has 0 bridgehead atoms. The summed E-state index contributed by atoms with van der Waals surface area (Å²) in [6.45, 7) is 6.24. The second-order valence-corrected chi connectivity index (χ2v) is 6.42. The van der Waals surface area contributed by atoms with E-state index in [0.29, 0.717) is 5.11 Å². The van der Waals surface area contributed by atoms with Crippen LogP contribution < -0.4 is 10.6 Å². The Morgan fingerprint density at radius 1 is 1.14 bits per heavy atom. The van der Waals surface area contributed by atoms with Crippen LogP contribution in [0.1, 0.15) is 29.7 Å². The minimum atomic E-state index is 0.130. The molecule has 0 aromatic heterocycles. The molecule has 2 aromatic carbocycles. The second kappa shape index (κ2) is 7.05. The van der Waals surface area contributed by atoms with Crippen molar-refractivity contribution in [1.82, 2.24) is 5.32 Å². The van der Waals surface area contributed by atoms with Crippen LogP contribution in [0.25, 0.3) is 0 Å². The van der Waals surface area contributed by atoms with Crippen LogP contribution in [0.2, 0.25) is 0 Å². The highest BCUT2D eigenvalue weighted by Crippen LogP contribution is 2.23. The lowest BCUT2D eigenvalue weighted by molar-refractivity contribution is 0.719. The molecule has 0 fully saturated rings. The summed E-state index contributed by atoms with van der Waals surface area (Å²) in [5.41, 5.74) is 4.62. The van der Waals surface area contributed by atoms with Crippen molar-refractivity contribution in [3.8, 4) is 0 Å². The first-order valence-corrected chi connectivity index (χ1v) is 8.06. The average molecular weight is 363 g/mol. The van der Waals surface area contributed by atoms with E-state index in [0.717, 1.165) is 10.2 Å². The fourth-order valence-electron chi connectivity index (χ4n) is 2.13.